The van der Waals surface area contributed by atoms with Gasteiger partial charge in [0.2, 0.25) is 0 Å². The van der Waals surface area contributed by atoms with Gasteiger partial charge in [0.1, 0.15) is 11.3 Å². The van der Waals surface area contributed by atoms with Gasteiger partial charge in [-0.2, -0.15) is 0 Å². The van der Waals surface area contributed by atoms with E-state index in [1.807, 2.05) is 13.8 Å². The summed E-state index contributed by atoms with van der Waals surface area (Å²) in [5.74, 6) is 0.261. The normalized spacial score (nSPS) is 43.1. The molecule has 34 heavy (non-hydrogen) atoms. The fourth-order valence-electron chi connectivity index (χ4n) is 7.00. The highest BCUT2D eigenvalue weighted by atomic mass is 16.7. The molecule has 0 aromatic carbocycles. The number of hydrogen-bond acceptors (Lipinski definition) is 6. The first-order valence-corrected chi connectivity index (χ1v) is 13.0. The Kier molecular flexibility index (Phi) is 7.28. The van der Waals surface area contributed by atoms with Crippen molar-refractivity contribution in [1.82, 2.24) is 5.32 Å². The molecule has 0 spiro atoms. The van der Waals surface area contributed by atoms with Gasteiger partial charge in [-0.3, -0.25) is 9.59 Å². The van der Waals surface area contributed by atoms with Gasteiger partial charge in [-0.15, -0.1) is 0 Å². The van der Waals surface area contributed by atoms with Gasteiger partial charge in [0.05, 0.1) is 18.8 Å². The van der Waals surface area contributed by atoms with Gasteiger partial charge in [-0.05, 0) is 76.5 Å². The number of aliphatic hydroxyl groups is 1. The van der Waals surface area contributed by atoms with Gasteiger partial charge >= 0.3 is 0 Å². The molecule has 0 aromatic heterocycles. The second-order valence-electron chi connectivity index (χ2n) is 11.5. The van der Waals surface area contributed by atoms with E-state index in [4.69, 9.17) is 15.2 Å². The Hall–Kier alpha value is -1.70. The number of rotatable bonds is 5. The van der Waals surface area contributed by atoms with E-state index in [1.54, 1.807) is 0 Å². The summed E-state index contributed by atoms with van der Waals surface area (Å²) in [6.07, 6.45) is 7.34. The van der Waals surface area contributed by atoms with Gasteiger partial charge in [0.25, 0.3) is 5.91 Å². The molecule has 3 fully saturated rings. The van der Waals surface area contributed by atoms with Gasteiger partial charge in [0, 0.05) is 11.5 Å². The number of ketones is 1. The molecule has 1 amide bonds. The summed E-state index contributed by atoms with van der Waals surface area (Å²) in [7, 11) is 0. The van der Waals surface area contributed by atoms with Crippen LogP contribution in [0.25, 0.3) is 0 Å². The number of nitrogens with two attached hydrogens (primary N) is 1. The highest BCUT2D eigenvalue weighted by Crippen LogP contribution is 2.58. The first-order chi connectivity index (χ1) is 16.0. The maximum Gasteiger partial charge on any atom is 0.258 e. The summed E-state index contributed by atoms with van der Waals surface area (Å²) < 4.78 is 12.3. The lowest BCUT2D eigenvalue weighted by atomic mass is 9.51. The van der Waals surface area contributed by atoms with E-state index in [1.165, 1.54) is 5.57 Å². The summed E-state index contributed by atoms with van der Waals surface area (Å²) in [6, 6.07) is 0.0336. The Bertz CT molecular complexity index is 864. The van der Waals surface area contributed by atoms with Gasteiger partial charge in [-0.1, -0.05) is 31.9 Å². The van der Waals surface area contributed by atoms with E-state index in [-0.39, 0.29) is 60.0 Å². The van der Waals surface area contributed by atoms with Crippen LogP contribution in [0.4, 0.5) is 0 Å². The number of amides is 1. The lowest BCUT2D eigenvalue weighted by Crippen LogP contribution is -2.48. The molecule has 4 aliphatic rings. The molecule has 4 rings (SSSR count). The van der Waals surface area contributed by atoms with Crippen molar-refractivity contribution in [2.24, 2.45) is 34.8 Å². The van der Waals surface area contributed by atoms with Crippen molar-refractivity contribution in [2.45, 2.75) is 97.7 Å². The molecule has 0 aromatic rings. The van der Waals surface area contributed by atoms with Crippen LogP contribution in [-0.2, 0) is 19.1 Å². The monoisotopic (exact) mass is 474 g/mol. The zero-order valence-electron chi connectivity index (χ0n) is 21.3. The van der Waals surface area contributed by atoms with Crippen molar-refractivity contribution in [3.63, 3.8) is 0 Å². The molecule has 2 aliphatic heterocycles. The molecule has 4 N–H and O–H groups in total. The summed E-state index contributed by atoms with van der Waals surface area (Å²) >= 11 is 0. The minimum atomic E-state index is -0.711. The Morgan fingerprint density at radius 1 is 1.29 bits per heavy atom. The minimum absolute atomic E-state index is 0.0322. The summed E-state index contributed by atoms with van der Waals surface area (Å²) in [5.41, 5.74) is 6.52. The molecular weight excluding hydrogens is 432 g/mol. The average Bonchev–Trinajstić information content (AvgIpc) is 3.10. The number of Topliss-reactive ketones (excluding diaryl/α,β-unsaturated/α-hetero) is 1. The molecule has 1 saturated carbocycles. The van der Waals surface area contributed by atoms with Crippen LogP contribution in [0.1, 0.15) is 73.1 Å². The number of nitrogens with one attached hydrogen (secondary N) is 1. The van der Waals surface area contributed by atoms with Crippen molar-refractivity contribution >= 4 is 11.7 Å². The maximum absolute atomic E-state index is 12.6. The zero-order valence-corrected chi connectivity index (χ0v) is 21.3. The van der Waals surface area contributed by atoms with E-state index >= 15 is 0 Å². The molecule has 7 nitrogen and oxygen atoms in total. The number of aliphatic hydroxyl groups excluding tert-OH is 1. The van der Waals surface area contributed by atoms with E-state index in [0.29, 0.717) is 18.3 Å². The smallest absolute Gasteiger partial charge is 0.258 e. The third-order valence-corrected chi connectivity index (χ3v) is 9.00. The largest absolute Gasteiger partial charge is 0.511 e. The van der Waals surface area contributed by atoms with E-state index in [9.17, 15) is 14.7 Å². The van der Waals surface area contributed by atoms with Gasteiger partial charge in [-0.25, -0.2) is 0 Å². The topological polar surface area (TPSA) is 111 Å². The molecule has 190 valence electrons. The Morgan fingerprint density at radius 2 is 2.03 bits per heavy atom. The standard InChI is InChI=1S/C27H42N2O5/c1-14-6-7-19-18(10-14)11-15(2)20(12-16(3)33-23-9-8-21(28)17(4)34-23)27(19,5)25(31)24-22(30)13-29-26(24)32/h11,14,16-21,23,31H,6-10,12-13,28H2,1-5H3,(H,29,32)/t14-,16+,17-,18+,19-,20+,21+,23-,27+/m0/s1. The fourth-order valence-corrected chi connectivity index (χ4v) is 7.00. The number of carbonyl (C=O) groups excluding carboxylic acids is 2. The van der Waals surface area contributed by atoms with E-state index in [0.717, 1.165) is 32.1 Å². The van der Waals surface area contributed by atoms with Crippen LogP contribution in [0.5, 0.6) is 0 Å². The molecule has 0 bridgehead atoms. The van der Waals surface area contributed by atoms with Crippen LogP contribution in [0.2, 0.25) is 0 Å². The van der Waals surface area contributed by atoms with Crippen molar-refractivity contribution in [3.8, 4) is 0 Å². The highest BCUT2D eigenvalue weighted by Gasteiger charge is 2.54. The van der Waals surface area contributed by atoms with Gasteiger partial charge < -0.3 is 25.6 Å². The summed E-state index contributed by atoms with van der Waals surface area (Å²) in [6.45, 7) is 10.4. The van der Waals surface area contributed by atoms with Gasteiger partial charge in [0.15, 0.2) is 12.1 Å². The molecule has 0 radical (unpaired) electrons. The average molecular weight is 475 g/mol. The minimum Gasteiger partial charge on any atom is -0.511 e. The first-order valence-electron chi connectivity index (χ1n) is 13.0. The van der Waals surface area contributed by atoms with Crippen molar-refractivity contribution in [3.05, 3.63) is 23.0 Å². The van der Waals surface area contributed by atoms with Crippen LogP contribution < -0.4 is 11.1 Å². The lowest BCUT2D eigenvalue weighted by molar-refractivity contribution is -0.215. The Morgan fingerprint density at radius 3 is 2.68 bits per heavy atom. The molecule has 2 aliphatic carbocycles. The summed E-state index contributed by atoms with van der Waals surface area (Å²) in [4.78, 5) is 25.1. The van der Waals surface area contributed by atoms with E-state index < -0.39 is 11.3 Å². The third-order valence-electron chi connectivity index (χ3n) is 9.00. The van der Waals surface area contributed by atoms with Crippen molar-refractivity contribution in [2.75, 3.05) is 6.54 Å². The fraction of sp³-hybridized carbons (Fsp3) is 0.778. The number of allylic oxidation sites excluding steroid dienone is 3. The molecule has 2 heterocycles. The van der Waals surface area contributed by atoms with Crippen LogP contribution in [0.15, 0.2) is 23.0 Å². The van der Waals surface area contributed by atoms with Crippen LogP contribution in [-0.4, -0.2) is 47.9 Å². The van der Waals surface area contributed by atoms with Crippen molar-refractivity contribution in [1.29, 1.82) is 0 Å². The predicted molar refractivity (Wildman–Crippen MR) is 130 cm³/mol. The quantitative estimate of drug-likeness (QED) is 0.242. The maximum atomic E-state index is 12.6. The van der Waals surface area contributed by atoms with E-state index in [2.05, 4.69) is 32.2 Å². The number of fused-ring (bicyclic) bond motifs is 1. The highest BCUT2D eigenvalue weighted by molar-refractivity contribution is 6.25. The zero-order chi connectivity index (χ0) is 24.8. The Labute approximate surface area is 203 Å². The number of carbonyl (C=O) groups is 2. The second-order valence-corrected chi connectivity index (χ2v) is 11.5. The molecule has 9 atom stereocenters. The number of ether oxygens (including phenoxy) is 2. The number of hydrogen-bond donors (Lipinski definition) is 3. The third kappa shape index (κ3) is 4.59. The summed E-state index contributed by atoms with van der Waals surface area (Å²) in [5, 5.41) is 14.2. The van der Waals surface area contributed by atoms with Crippen LogP contribution >= 0.6 is 0 Å². The lowest BCUT2D eigenvalue weighted by Gasteiger charge is -2.53. The molecule has 0 unspecified atom stereocenters. The van der Waals surface area contributed by atoms with Crippen LogP contribution in [0.3, 0.4) is 0 Å². The molecule has 2 saturated heterocycles. The van der Waals surface area contributed by atoms with Crippen molar-refractivity contribution < 1.29 is 24.2 Å². The Balaban J connectivity index is 1.64. The first kappa shape index (κ1) is 25.4. The second kappa shape index (κ2) is 9.75. The molecular formula is C27H42N2O5. The molecule has 7 heteroatoms. The SMILES string of the molecule is CC1=C[C@H]2C[C@@H](C)CC[C@@H]2[C@@](C)(C(O)=C2C(=O)CNC2=O)[C@@H]1C[C@@H](C)O[C@@H]1CC[C@@H](N)[C@H](C)O1. The predicted octanol–water partition coefficient (Wildman–Crippen LogP) is 3.78. The van der Waals surface area contributed by atoms with Crippen LogP contribution in [0, 0.1) is 29.1 Å².